The summed E-state index contributed by atoms with van der Waals surface area (Å²) < 4.78 is 28.5. The van der Waals surface area contributed by atoms with Crippen LogP contribution in [0.25, 0.3) is 10.9 Å². The summed E-state index contributed by atoms with van der Waals surface area (Å²) in [6.07, 6.45) is 0. The maximum atomic E-state index is 13.4. The summed E-state index contributed by atoms with van der Waals surface area (Å²) in [4.78, 5) is 24.1. The Morgan fingerprint density at radius 2 is 1.65 bits per heavy atom. The number of piperazine rings is 1. The number of carbonyl (C=O) groups is 1. The zero-order chi connectivity index (χ0) is 26.9. The lowest BCUT2D eigenvalue weighted by Crippen LogP contribution is -2.48. The largest absolute Gasteiger partial charge is 0.368 e. The van der Waals surface area contributed by atoms with Crippen LogP contribution in [0.3, 0.4) is 0 Å². The fourth-order valence-electron chi connectivity index (χ4n) is 5.05. The van der Waals surface area contributed by atoms with Gasteiger partial charge in [0.25, 0.3) is 0 Å². The van der Waals surface area contributed by atoms with Gasteiger partial charge in [-0.15, -0.1) is 0 Å². The van der Waals surface area contributed by atoms with Crippen molar-refractivity contribution < 1.29 is 13.2 Å². The van der Waals surface area contributed by atoms with Crippen molar-refractivity contribution in [2.75, 3.05) is 31.5 Å². The predicted octanol–water partition coefficient (Wildman–Crippen LogP) is 2.98. The Hall–Kier alpha value is -3.08. The molecule has 1 aliphatic rings. The lowest BCUT2D eigenvalue weighted by atomic mass is 10.0. The Balaban J connectivity index is 1.52. The van der Waals surface area contributed by atoms with Crippen molar-refractivity contribution in [2.24, 2.45) is 11.7 Å². The molecule has 0 radical (unpaired) electrons. The first-order valence-corrected chi connectivity index (χ1v) is 14.0. The number of rotatable bonds is 8. The number of nitrogens with two attached hydrogens (primary N) is 1. The summed E-state index contributed by atoms with van der Waals surface area (Å²) in [5, 5.41) is 4.04. The Morgan fingerprint density at radius 1 is 1.03 bits per heavy atom. The van der Waals surface area contributed by atoms with Crippen LogP contribution in [0.4, 0.5) is 5.82 Å². The SMILES string of the molecule is Cc1cc(C)c(S(=O)(=O)N2CCN(Cc3nc(N[C@H](C(N)=O)C(C)C)c4ccccc4n3)CC2)c(C)c1. The van der Waals surface area contributed by atoms with Crippen LogP contribution in [-0.4, -0.2) is 65.7 Å². The highest BCUT2D eigenvalue weighted by atomic mass is 32.2. The van der Waals surface area contributed by atoms with E-state index in [9.17, 15) is 13.2 Å². The molecule has 0 saturated carbocycles. The molecule has 3 N–H and O–H groups in total. The number of hydrogen-bond acceptors (Lipinski definition) is 7. The van der Waals surface area contributed by atoms with E-state index in [-0.39, 0.29) is 5.92 Å². The number of sulfonamides is 1. The molecule has 0 bridgehead atoms. The molecule has 0 aliphatic carbocycles. The van der Waals surface area contributed by atoms with Gasteiger partial charge in [0.05, 0.1) is 17.0 Å². The number of aryl methyl sites for hydroxylation is 3. The number of primary amides is 1. The quantitative estimate of drug-likeness (QED) is 0.465. The Morgan fingerprint density at radius 3 is 2.24 bits per heavy atom. The second-order valence-electron chi connectivity index (χ2n) is 10.2. The first-order chi connectivity index (χ1) is 17.5. The second kappa shape index (κ2) is 10.7. The minimum atomic E-state index is -3.58. The van der Waals surface area contributed by atoms with Crippen LogP contribution < -0.4 is 11.1 Å². The molecule has 4 rings (SSSR count). The van der Waals surface area contributed by atoms with Crippen molar-refractivity contribution in [3.63, 3.8) is 0 Å². The summed E-state index contributed by atoms with van der Waals surface area (Å²) >= 11 is 0. The van der Waals surface area contributed by atoms with Crippen LogP contribution in [0.15, 0.2) is 41.3 Å². The van der Waals surface area contributed by atoms with E-state index in [1.165, 1.54) is 0 Å². The van der Waals surface area contributed by atoms with E-state index in [2.05, 4.69) is 10.2 Å². The highest BCUT2D eigenvalue weighted by Gasteiger charge is 2.31. The molecule has 0 unspecified atom stereocenters. The molecule has 2 heterocycles. The minimum absolute atomic E-state index is 0.00879. The van der Waals surface area contributed by atoms with Gasteiger partial charge in [0.2, 0.25) is 15.9 Å². The lowest BCUT2D eigenvalue weighted by molar-refractivity contribution is -0.119. The van der Waals surface area contributed by atoms with E-state index < -0.39 is 22.0 Å². The summed E-state index contributed by atoms with van der Waals surface area (Å²) in [6, 6.07) is 10.9. The molecule has 198 valence electrons. The molecule has 1 fully saturated rings. The zero-order valence-corrected chi connectivity index (χ0v) is 23.0. The molecule has 1 aliphatic heterocycles. The van der Waals surface area contributed by atoms with Gasteiger partial charge >= 0.3 is 0 Å². The fraction of sp³-hybridized carbons (Fsp3) is 0.444. The molecule has 2 aromatic carbocycles. The van der Waals surface area contributed by atoms with Gasteiger partial charge in [-0.25, -0.2) is 18.4 Å². The van der Waals surface area contributed by atoms with Crippen LogP contribution in [0, 0.1) is 26.7 Å². The molecule has 3 aromatic rings. The Bertz CT molecular complexity index is 1390. The van der Waals surface area contributed by atoms with E-state index in [0.717, 1.165) is 27.6 Å². The average molecular weight is 525 g/mol. The first kappa shape index (κ1) is 27.0. The van der Waals surface area contributed by atoms with Gasteiger partial charge in [0.15, 0.2) is 0 Å². The number of amides is 1. The number of hydrogen-bond donors (Lipinski definition) is 2. The maximum absolute atomic E-state index is 13.4. The number of nitrogens with zero attached hydrogens (tertiary/aromatic N) is 4. The van der Waals surface area contributed by atoms with Crippen LogP contribution in [0.1, 0.15) is 36.4 Å². The predicted molar refractivity (Wildman–Crippen MR) is 146 cm³/mol. The third-order valence-electron chi connectivity index (χ3n) is 6.81. The van der Waals surface area contributed by atoms with Gasteiger partial charge in [-0.2, -0.15) is 4.31 Å². The summed E-state index contributed by atoms with van der Waals surface area (Å²) in [7, 11) is -3.58. The summed E-state index contributed by atoms with van der Waals surface area (Å²) in [6.45, 7) is 11.9. The molecular weight excluding hydrogens is 488 g/mol. The number of nitrogens with one attached hydrogen (secondary N) is 1. The topological polar surface area (TPSA) is 122 Å². The van der Waals surface area contributed by atoms with Gasteiger partial charge in [0, 0.05) is 31.6 Å². The number of fused-ring (bicyclic) bond motifs is 1. The van der Waals surface area contributed by atoms with Crippen molar-refractivity contribution in [3.8, 4) is 0 Å². The Kier molecular flexibility index (Phi) is 7.82. The summed E-state index contributed by atoms with van der Waals surface area (Å²) in [5.41, 5.74) is 9.01. The van der Waals surface area contributed by atoms with Crippen LogP contribution >= 0.6 is 0 Å². The number of aromatic nitrogens is 2. The summed E-state index contributed by atoms with van der Waals surface area (Å²) in [5.74, 6) is 0.737. The number of anilines is 1. The minimum Gasteiger partial charge on any atom is -0.368 e. The standard InChI is InChI=1S/C27H36N6O3S/c1-17(2)24(26(28)34)31-27-21-8-6-7-9-22(21)29-23(30-27)16-32-10-12-33(13-11-32)37(35,36)25-19(4)14-18(3)15-20(25)5/h6-9,14-15,17,24H,10-13,16H2,1-5H3,(H2,28,34)(H,29,30,31)/t24-/m0/s1. The highest BCUT2D eigenvalue weighted by molar-refractivity contribution is 7.89. The molecule has 9 nitrogen and oxygen atoms in total. The van der Waals surface area contributed by atoms with E-state index in [4.69, 9.17) is 15.7 Å². The third-order valence-corrected chi connectivity index (χ3v) is 9.02. The fourth-order valence-corrected chi connectivity index (χ4v) is 6.88. The van der Waals surface area contributed by atoms with Crippen molar-refractivity contribution >= 4 is 32.7 Å². The van der Waals surface area contributed by atoms with E-state index in [1.807, 2.05) is 71.0 Å². The van der Waals surface area contributed by atoms with Gasteiger partial charge in [0.1, 0.15) is 17.7 Å². The second-order valence-corrected chi connectivity index (χ2v) is 12.1. The highest BCUT2D eigenvalue weighted by Crippen LogP contribution is 2.27. The zero-order valence-electron chi connectivity index (χ0n) is 22.2. The van der Waals surface area contributed by atoms with E-state index in [0.29, 0.717) is 49.3 Å². The van der Waals surface area contributed by atoms with E-state index >= 15 is 0 Å². The molecular formula is C27H36N6O3S. The smallest absolute Gasteiger partial charge is 0.243 e. The van der Waals surface area contributed by atoms with Gasteiger partial charge in [-0.05, 0) is 49.9 Å². The van der Waals surface area contributed by atoms with Crippen LogP contribution in [-0.2, 0) is 21.4 Å². The van der Waals surface area contributed by atoms with Crippen LogP contribution in [0.2, 0.25) is 0 Å². The van der Waals surface area contributed by atoms with E-state index in [1.54, 1.807) is 4.31 Å². The van der Waals surface area contributed by atoms with Gasteiger partial charge in [-0.3, -0.25) is 9.69 Å². The molecule has 1 atom stereocenters. The van der Waals surface area contributed by atoms with Crippen molar-refractivity contribution in [2.45, 2.75) is 52.1 Å². The lowest BCUT2D eigenvalue weighted by Gasteiger charge is -2.34. The van der Waals surface area contributed by atoms with Crippen LogP contribution in [0.5, 0.6) is 0 Å². The number of benzene rings is 2. The van der Waals surface area contributed by atoms with Gasteiger partial charge in [-0.1, -0.05) is 43.7 Å². The van der Waals surface area contributed by atoms with Gasteiger partial charge < -0.3 is 11.1 Å². The van der Waals surface area contributed by atoms with Crippen molar-refractivity contribution in [3.05, 3.63) is 58.9 Å². The maximum Gasteiger partial charge on any atom is 0.243 e. The average Bonchev–Trinajstić information content (AvgIpc) is 2.81. The van der Waals surface area contributed by atoms with Crippen molar-refractivity contribution in [1.82, 2.24) is 19.2 Å². The third kappa shape index (κ3) is 5.76. The molecule has 1 aromatic heterocycles. The van der Waals surface area contributed by atoms with Crippen molar-refractivity contribution in [1.29, 1.82) is 0 Å². The molecule has 37 heavy (non-hydrogen) atoms. The Labute approximate surface area is 219 Å². The molecule has 10 heteroatoms. The molecule has 0 spiro atoms. The monoisotopic (exact) mass is 524 g/mol. The normalized spacial score (nSPS) is 16.3. The number of para-hydroxylation sites is 1. The molecule has 1 amide bonds. The molecule has 1 saturated heterocycles. The first-order valence-electron chi connectivity index (χ1n) is 12.6. The number of carbonyl (C=O) groups excluding carboxylic acids is 1.